The molecule has 2 aromatic carbocycles. The van der Waals surface area contributed by atoms with Crippen LogP contribution in [0.15, 0.2) is 54.6 Å². The Bertz CT molecular complexity index is 939. The van der Waals surface area contributed by atoms with Crippen LogP contribution in [0.3, 0.4) is 0 Å². The Hall–Kier alpha value is -2.99. The highest BCUT2D eigenvalue weighted by molar-refractivity contribution is 5.31. The highest BCUT2D eigenvalue weighted by atomic mass is 16.5. The van der Waals surface area contributed by atoms with E-state index in [0.717, 1.165) is 61.1 Å². The molecule has 0 spiro atoms. The number of ether oxygens (including phenoxy) is 3. The molecular weight excluding hydrogens is 378 g/mol. The van der Waals surface area contributed by atoms with Gasteiger partial charge in [0.05, 0.1) is 26.5 Å². The second-order valence-corrected chi connectivity index (χ2v) is 7.66. The Kier molecular flexibility index (Phi) is 6.54. The van der Waals surface area contributed by atoms with Gasteiger partial charge in [0, 0.05) is 31.1 Å². The van der Waals surface area contributed by atoms with Gasteiger partial charge in [0.15, 0.2) is 0 Å². The number of H-pyrrole nitrogens is 1. The molecule has 1 atom stereocenters. The summed E-state index contributed by atoms with van der Waals surface area (Å²) in [5.41, 5.74) is 3.56. The number of nitrogens with one attached hydrogen (secondary N) is 1. The van der Waals surface area contributed by atoms with Crippen molar-refractivity contribution in [2.24, 2.45) is 0 Å². The number of hydrogen-bond acceptors (Lipinski definition) is 5. The molecule has 0 aliphatic carbocycles. The second-order valence-electron chi connectivity index (χ2n) is 7.66. The van der Waals surface area contributed by atoms with Crippen LogP contribution in [0.2, 0.25) is 0 Å². The molecule has 0 radical (unpaired) electrons. The molecule has 1 aliphatic rings. The molecule has 158 valence electrons. The molecule has 2 heterocycles. The quantitative estimate of drug-likeness (QED) is 0.580. The molecule has 1 N–H and O–H groups in total. The van der Waals surface area contributed by atoms with E-state index in [1.165, 1.54) is 5.56 Å². The average molecular weight is 408 g/mol. The van der Waals surface area contributed by atoms with E-state index < -0.39 is 0 Å². The van der Waals surface area contributed by atoms with Gasteiger partial charge in [0.1, 0.15) is 17.2 Å². The van der Waals surface area contributed by atoms with Crippen molar-refractivity contribution in [1.29, 1.82) is 0 Å². The number of rotatable bonds is 9. The lowest BCUT2D eigenvalue weighted by Gasteiger charge is -2.16. The van der Waals surface area contributed by atoms with Gasteiger partial charge in [-0.2, -0.15) is 5.10 Å². The third-order valence-electron chi connectivity index (χ3n) is 5.58. The number of methoxy groups -OCH3 is 2. The summed E-state index contributed by atoms with van der Waals surface area (Å²) in [5.74, 6) is 3.07. The van der Waals surface area contributed by atoms with E-state index in [-0.39, 0.29) is 0 Å². The highest BCUT2D eigenvalue weighted by Gasteiger charge is 2.25. The van der Waals surface area contributed by atoms with Crippen molar-refractivity contribution in [3.05, 3.63) is 71.5 Å². The first kappa shape index (κ1) is 20.3. The van der Waals surface area contributed by atoms with Crippen LogP contribution >= 0.6 is 0 Å². The summed E-state index contributed by atoms with van der Waals surface area (Å²) < 4.78 is 16.3. The van der Waals surface area contributed by atoms with Crippen molar-refractivity contribution < 1.29 is 14.2 Å². The Labute approximate surface area is 177 Å². The lowest BCUT2D eigenvalue weighted by Crippen LogP contribution is -2.19. The van der Waals surface area contributed by atoms with Crippen molar-refractivity contribution in [2.45, 2.75) is 25.3 Å². The summed E-state index contributed by atoms with van der Waals surface area (Å²) in [4.78, 5) is 2.49. The summed E-state index contributed by atoms with van der Waals surface area (Å²) in [7, 11) is 3.37. The molecule has 0 saturated carbocycles. The van der Waals surface area contributed by atoms with Gasteiger partial charge < -0.3 is 14.2 Å². The zero-order valence-electron chi connectivity index (χ0n) is 17.6. The van der Waals surface area contributed by atoms with Crippen molar-refractivity contribution in [3.63, 3.8) is 0 Å². The van der Waals surface area contributed by atoms with Crippen LogP contribution < -0.4 is 14.2 Å². The maximum absolute atomic E-state index is 5.82. The number of benzene rings is 2. The normalized spacial score (nSPS) is 16.5. The average Bonchev–Trinajstić information content (AvgIpc) is 3.44. The highest BCUT2D eigenvalue weighted by Crippen LogP contribution is 2.28. The molecular formula is C24H29N3O3. The minimum absolute atomic E-state index is 0.475. The summed E-state index contributed by atoms with van der Waals surface area (Å²) in [5, 5.41) is 7.75. The standard InChI is InChI=1S/C24H29N3O3/c1-28-21-6-8-22(9-7-21)30-13-11-20-15-24(26-25-20)19-10-12-27(17-19)16-18-4-3-5-23(14-18)29-2/h3-9,14-15,19H,10-13,16-17H2,1-2H3,(H,25,26)/t19-/m0/s1. The Morgan fingerprint density at radius 2 is 1.80 bits per heavy atom. The van der Waals surface area contributed by atoms with Gasteiger partial charge in [-0.05, 0) is 61.0 Å². The SMILES string of the molecule is COc1ccc(OCCc2cc([C@H]3CCN(Cc4cccc(OC)c4)C3)n[nH]2)cc1. The van der Waals surface area contributed by atoms with E-state index in [9.17, 15) is 0 Å². The van der Waals surface area contributed by atoms with Gasteiger partial charge in [-0.3, -0.25) is 10.00 Å². The topological polar surface area (TPSA) is 59.6 Å². The van der Waals surface area contributed by atoms with Crippen LogP contribution in [-0.4, -0.2) is 49.0 Å². The summed E-state index contributed by atoms with van der Waals surface area (Å²) in [6.45, 7) is 3.68. The van der Waals surface area contributed by atoms with Crippen molar-refractivity contribution in [3.8, 4) is 17.2 Å². The maximum Gasteiger partial charge on any atom is 0.119 e. The summed E-state index contributed by atoms with van der Waals surface area (Å²) >= 11 is 0. The van der Waals surface area contributed by atoms with E-state index in [1.807, 2.05) is 30.3 Å². The van der Waals surface area contributed by atoms with E-state index in [0.29, 0.717) is 12.5 Å². The van der Waals surface area contributed by atoms with E-state index in [1.54, 1.807) is 14.2 Å². The molecule has 1 aliphatic heterocycles. The fourth-order valence-corrected chi connectivity index (χ4v) is 3.91. The van der Waals surface area contributed by atoms with E-state index >= 15 is 0 Å². The van der Waals surface area contributed by atoms with Gasteiger partial charge in [-0.15, -0.1) is 0 Å². The monoisotopic (exact) mass is 407 g/mol. The molecule has 0 unspecified atom stereocenters. The second kappa shape index (κ2) is 9.67. The first-order valence-electron chi connectivity index (χ1n) is 10.4. The molecule has 1 aromatic heterocycles. The molecule has 1 saturated heterocycles. The summed E-state index contributed by atoms with van der Waals surface area (Å²) in [6, 6.07) is 18.2. The van der Waals surface area contributed by atoms with Crippen LogP contribution in [-0.2, 0) is 13.0 Å². The zero-order chi connectivity index (χ0) is 20.8. The van der Waals surface area contributed by atoms with Crippen molar-refractivity contribution in [1.82, 2.24) is 15.1 Å². The summed E-state index contributed by atoms with van der Waals surface area (Å²) in [6.07, 6.45) is 1.94. The maximum atomic E-state index is 5.82. The molecule has 6 heteroatoms. The molecule has 6 nitrogen and oxygen atoms in total. The molecule has 4 rings (SSSR count). The number of aromatic amines is 1. The van der Waals surface area contributed by atoms with Crippen LogP contribution in [0.4, 0.5) is 0 Å². The van der Waals surface area contributed by atoms with Crippen LogP contribution in [0.25, 0.3) is 0 Å². The van der Waals surface area contributed by atoms with Crippen LogP contribution in [0, 0.1) is 0 Å². The number of likely N-dealkylation sites (tertiary alicyclic amines) is 1. The van der Waals surface area contributed by atoms with Gasteiger partial charge in [0.2, 0.25) is 0 Å². The van der Waals surface area contributed by atoms with Crippen LogP contribution in [0.1, 0.15) is 29.3 Å². The van der Waals surface area contributed by atoms with Crippen molar-refractivity contribution >= 4 is 0 Å². The van der Waals surface area contributed by atoms with Gasteiger partial charge >= 0.3 is 0 Å². The molecule has 1 fully saturated rings. The first-order chi connectivity index (χ1) is 14.7. The molecule has 30 heavy (non-hydrogen) atoms. The van der Waals surface area contributed by atoms with Gasteiger partial charge in [0.25, 0.3) is 0 Å². The largest absolute Gasteiger partial charge is 0.497 e. The minimum Gasteiger partial charge on any atom is -0.497 e. The van der Waals surface area contributed by atoms with E-state index in [2.05, 4.69) is 39.4 Å². The van der Waals surface area contributed by atoms with Crippen molar-refractivity contribution in [2.75, 3.05) is 33.9 Å². The zero-order valence-corrected chi connectivity index (χ0v) is 17.6. The number of aromatic nitrogens is 2. The minimum atomic E-state index is 0.475. The van der Waals surface area contributed by atoms with E-state index in [4.69, 9.17) is 14.2 Å². The molecule has 0 amide bonds. The predicted molar refractivity (Wildman–Crippen MR) is 116 cm³/mol. The molecule has 3 aromatic rings. The lowest BCUT2D eigenvalue weighted by molar-refractivity contribution is 0.319. The first-order valence-corrected chi connectivity index (χ1v) is 10.4. The number of nitrogens with zero attached hydrogens (tertiary/aromatic N) is 2. The fourth-order valence-electron chi connectivity index (χ4n) is 3.91. The Balaban J connectivity index is 1.25. The molecule has 0 bridgehead atoms. The smallest absolute Gasteiger partial charge is 0.119 e. The fraction of sp³-hybridized carbons (Fsp3) is 0.375. The van der Waals surface area contributed by atoms with Gasteiger partial charge in [-0.25, -0.2) is 0 Å². The lowest BCUT2D eigenvalue weighted by atomic mass is 10.0. The Morgan fingerprint density at radius 1 is 1.00 bits per heavy atom. The third kappa shape index (κ3) is 5.13. The van der Waals surface area contributed by atoms with Crippen LogP contribution in [0.5, 0.6) is 17.2 Å². The predicted octanol–water partition coefficient (Wildman–Crippen LogP) is 4.04. The Morgan fingerprint density at radius 3 is 2.60 bits per heavy atom. The third-order valence-corrected chi connectivity index (χ3v) is 5.58. The van der Waals surface area contributed by atoms with Gasteiger partial charge in [-0.1, -0.05) is 12.1 Å². The number of hydrogen-bond donors (Lipinski definition) is 1.